The number of benzene rings is 2. The van der Waals surface area contributed by atoms with Crippen molar-refractivity contribution in [3.8, 4) is 0 Å². The lowest BCUT2D eigenvalue weighted by atomic mass is 9.92. The molecule has 0 saturated carbocycles. The smallest absolute Gasteiger partial charge is 0.325 e. The summed E-state index contributed by atoms with van der Waals surface area (Å²) in [4.78, 5) is 41.2. The number of amides is 4. The first-order valence-corrected chi connectivity index (χ1v) is 13.1. The summed E-state index contributed by atoms with van der Waals surface area (Å²) >= 11 is 12.2. The number of rotatable bonds is 5. The highest BCUT2D eigenvalue weighted by Crippen LogP contribution is 2.35. The third kappa shape index (κ3) is 4.75. The van der Waals surface area contributed by atoms with Gasteiger partial charge in [0, 0.05) is 41.8 Å². The van der Waals surface area contributed by atoms with Gasteiger partial charge in [0.1, 0.15) is 12.1 Å². The van der Waals surface area contributed by atoms with Crippen molar-refractivity contribution in [2.24, 2.45) is 0 Å². The van der Waals surface area contributed by atoms with Gasteiger partial charge in [-0.15, -0.1) is 0 Å². The second-order valence-corrected chi connectivity index (χ2v) is 11.5. The first-order valence-electron chi connectivity index (χ1n) is 10.9. The number of halogens is 2. The van der Waals surface area contributed by atoms with Gasteiger partial charge in [0.15, 0.2) is 0 Å². The Morgan fingerprint density at radius 3 is 2.26 bits per heavy atom. The summed E-state index contributed by atoms with van der Waals surface area (Å²) in [6, 6.07) is 10.5. The molecule has 1 N–H and O–H groups in total. The molecule has 35 heavy (non-hydrogen) atoms. The summed E-state index contributed by atoms with van der Waals surface area (Å²) in [5.74, 6) is -1.06. The van der Waals surface area contributed by atoms with Crippen LogP contribution in [-0.4, -0.2) is 73.1 Å². The largest absolute Gasteiger partial charge is 0.338 e. The zero-order valence-corrected chi connectivity index (χ0v) is 21.5. The Kier molecular flexibility index (Phi) is 6.85. The van der Waals surface area contributed by atoms with Gasteiger partial charge in [0.2, 0.25) is 15.9 Å². The van der Waals surface area contributed by atoms with Crippen LogP contribution >= 0.6 is 23.2 Å². The Hall–Kier alpha value is -2.66. The number of imide groups is 1. The highest BCUT2D eigenvalue weighted by Gasteiger charge is 2.50. The minimum atomic E-state index is -3.68. The first-order chi connectivity index (χ1) is 16.4. The molecule has 9 nitrogen and oxygen atoms in total. The number of nitrogens with one attached hydrogen (secondary N) is 1. The third-order valence-electron chi connectivity index (χ3n) is 6.29. The SMILES string of the molecule is Cc1ccc(S(=O)(=O)N2CCN(C(=O)CN3C(=O)NC(C)(c4ccc(Cl)cc4Cl)C3=O)CC2)cc1. The van der Waals surface area contributed by atoms with Crippen LogP contribution in [-0.2, 0) is 25.2 Å². The van der Waals surface area contributed by atoms with Crippen LogP contribution in [0, 0.1) is 6.92 Å². The molecule has 4 rings (SSSR count). The fourth-order valence-corrected chi connectivity index (χ4v) is 6.21. The quantitative estimate of drug-likeness (QED) is 0.588. The second kappa shape index (κ2) is 9.42. The molecule has 2 aromatic carbocycles. The molecule has 2 heterocycles. The Morgan fingerprint density at radius 1 is 1.03 bits per heavy atom. The molecule has 4 amide bonds. The second-order valence-electron chi connectivity index (χ2n) is 8.67. The molecule has 2 aliphatic rings. The fraction of sp³-hybridized carbons (Fsp3) is 0.348. The number of carbonyl (C=O) groups excluding carboxylic acids is 3. The Bertz CT molecular complexity index is 1290. The summed E-state index contributed by atoms with van der Waals surface area (Å²) in [6.07, 6.45) is 0. The van der Waals surface area contributed by atoms with Gasteiger partial charge < -0.3 is 10.2 Å². The number of carbonyl (C=O) groups is 3. The molecule has 1 atom stereocenters. The van der Waals surface area contributed by atoms with Gasteiger partial charge in [-0.05, 0) is 38.1 Å². The summed E-state index contributed by atoms with van der Waals surface area (Å²) in [5.41, 5.74) is -0.124. The van der Waals surface area contributed by atoms with Crippen LogP contribution in [0.3, 0.4) is 0 Å². The van der Waals surface area contributed by atoms with E-state index in [4.69, 9.17) is 23.2 Å². The monoisotopic (exact) mass is 538 g/mol. The van der Waals surface area contributed by atoms with Gasteiger partial charge in [0.25, 0.3) is 5.91 Å². The van der Waals surface area contributed by atoms with Gasteiger partial charge in [-0.3, -0.25) is 14.5 Å². The van der Waals surface area contributed by atoms with E-state index >= 15 is 0 Å². The molecule has 0 radical (unpaired) electrons. The lowest BCUT2D eigenvalue weighted by Gasteiger charge is -2.34. The number of hydrogen-bond acceptors (Lipinski definition) is 5. The van der Waals surface area contributed by atoms with Crippen molar-refractivity contribution >= 4 is 51.1 Å². The zero-order valence-electron chi connectivity index (χ0n) is 19.1. The molecule has 0 bridgehead atoms. The molecule has 0 spiro atoms. The molecular formula is C23H24Cl2N4O5S. The minimum absolute atomic E-state index is 0.111. The van der Waals surface area contributed by atoms with Gasteiger partial charge in [-0.25, -0.2) is 13.2 Å². The van der Waals surface area contributed by atoms with Crippen LogP contribution in [0.15, 0.2) is 47.4 Å². The van der Waals surface area contributed by atoms with Crippen molar-refractivity contribution < 1.29 is 22.8 Å². The fourth-order valence-electron chi connectivity index (χ4n) is 4.19. The Morgan fingerprint density at radius 2 is 1.66 bits per heavy atom. The summed E-state index contributed by atoms with van der Waals surface area (Å²) in [5, 5.41) is 3.22. The highest BCUT2D eigenvalue weighted by molar-refractivity contribution is 7.89. The standard InChI is InChI=1S/C23H24Cl2N4O5S/c1-15-3-6-17(7-4-15)35(33,34)28-11-9-27(10-12-28)20(30)14-29-21(31)23(2,26-22(29)32)18-8-5-16(24)13-19(18)25/h3-8,13H,9-12,14H2,1-2H3,(H,26,32). The average Bonchev–Trinajstić information content (AvgIpc) is 3.02. The van der Waals surface area contributed by atoms with E-state index < -0.39 is 40.0 Å². The van der Waals surface area contributed by atoms with Crippen LogP contribution in [0.4, 0.5) is 4.79 Å². The number of hydrogen-bond donors (Lipinski definition) is 1. The average molecular weight is 539 g/mol. The Balaban J connectivity index is 1.41. The van der Waals surface area contributed by atoms with E-state index in [1.165, 1.54) is 22.2 Å². The van der Waals surface area contributed by atoms with E-state index in [-0.39, 0.29) is 36.1 Å². The van der Waals surface area contributed by atoms with Crippen molar-refractivity contribution in [2.75, 3.05) is 32.7 Å². The lowest BCUT2D eigenvalue weighted by molar-refractivity contribution is -0.139. The molecule has 2 fully saturated rings. The van der Waals surface area contributed by atoms with Crippen molar-refractivity contribution in [3.63, 3.8) is 0 Å². The maximum Gasteiger partial charge on any atom is 0.325 e. The number of nitrogens with zero attached hydrogens (tertiary/aromatic N) is 3. The molecule has 0 aliphatic carbocycles. The van der Waals surface area contributed by atoms with Crippen molar-refractivity contribution in [1.29, 1.82) is 0 Å². The summed E-state index contributed by atoms with van der Waals surface area (Å²) in [6.45, 7) is 3.44. The van der Waals surface area contributed by atoms with E-state index in [1.54, 1.807) is 36.4 Å². The predicted molar refractivity (Wildman–Crippen MR) is 131 cm³/mol. The molecule has 1 unspecified atom stereocenters. The number of aryl methyl sites for hydroxylation is 1. The topological polar surface area (TPSA) is 107 Å². The molecule has 2 aliphatic heterocycles. The summed E-state index contributed by atoms with van der Waals surface area (Å²) in [7, 11) is -3.68. The van der Waals surface area contributed by atoms with Gasteiger partial charge in [-0.2, -0.15) is 4.31 Å². The van der Waals surface area contributed by atoms with E-state index in [0.29, 0.717) is 10.6 Å². The molecule has 12 heteroatoms. The number of urea groups is 1. The van der Waals surface area contributed by atoms with Gasteiger partial charge >= 0.3 is 6.03 Å². The molecule has 2 aromatic rings. The van der Waals surface area contributed by atoms with Crippen LogP contribution in [0.1, 0.15) is 18.1 Å². The van der Waals surface area contributed by atoms with Crippen molar-refractivity contribution in [3.05, 3.63) is 63.6 Å². The highest BCUT2D eigenvalue weighted by atomic mass is 35.5. The molecular weight excluding hydrogens is 515 g/mol. The van der Waals surface area contributed by atoms with Crippen molar-refractivity contribution in [2.45, 2.75) is 24.3 Å². The Labute approximate surface area is 213 Å². The van der Waals surface area contributed by atoms with E-state index in [0.717, 1.165) is 10.5 Å². The van der Waals surface area contributed by atoms with Crippen LogP contribution in [0.2, 0.25) is 10.0 Å². The van der Waals surface area contributed by atoms with Crippen molar-refractivity contribution in [1.82, 2.24) is 19.4 Å². The normalized spacial score (nSPS) is 21.4. The zero-order chi connectivity index (χ0) is 25.5. The van der Waals surface area contributed by atoms with Gasteiger partial charge in [0.05, 0.1) is 4.90 Å². The first kappa shape index (κ1) is 25.4. The maximum atomic E-state index is 13.2. The van der Waals surface area contributed by atoms with E-state index in [9.17, 15) is 22.8 Å². The summed E-state index contributed by atoms with van der Waals surface area (Å²) < 4.78 is 27.1. The van der Waals surface area contributed by atoms with E-state index in [1.807, 2.05) is 6.92 Å². The van der Waals surface area contributed by atoms with Gasteiger partial charge in [-0.1, -0.05) is 47.0 Å². The molecule has 2 saturated heterocycles. The minimum Gasteiger partial charge on any atom is -0.338 e. The molecule has 186 valence electrons. The van der Waals surface area contributed by atoms with Crippen LogP contribution < -0.4 is 5.32 Å². The lowest BCUT2D eigenvalue weighted by Crippen LogP contribution is -2.53. The number of sulfonamides is 1. The van der Waals surface area contributed by atoms with Crippen LogP contribution in [0.5, 0.6) is 0 Å². The maximum absolute atomic E-state index is 13.2. The number of piperazine rings is 1. The molecule has 0 aromatic heterocycles. The third-order valence-corrected chi connectivity index (χ3v) is 8.75. The van der Waals surface area contributed by atoms with Crippen LogP contribution in [0.25, 0.3) is 0 Å². The predicted octanol–water partition coefficient (Wildman–Crippen LogP) is 2.60. The van der Waals surface area contributed by atoms with E-state index in [2.05, 4.69) is 5.32 Å².